The van der Waals surface area contributed by atoms with E-state index in [2.05, 4.69) is 36.5 Å². The summed E-state index contributed by atoms with van der Waals surface area (Å²) in [5.74, 6) is 1.56. The Balaban J connectivity index is 1.82. The molecule has 0 radical (unpaired) electrons. The molecule has 0 saturated heterocycles. The van der Waals surface area contributed by atoms with E-state index >= 15 is 0 Å². The summed E-state index contributed by atoms with van der Waals surface area (Å²) in [4.78, 5) is 1.05. The molecule has 3 heteroatoms. The van der Waals surface area contributed by atoms with E-state index in [-0.39, 0.29) is 0 Å². The number of benzene rings is 2. The van der Waals surface area contributed by atoms with Crippen LogP contribution in [-0.4, -0.2) is 18.6 Å². The van der Waals surface area contributed by atoms with E-state index in [1.807, 2.05) is 6.07 Å². The largest absolute Gasteiger partial charge is 0.497 e. The van der Waals surface area contributed by atoms with E-state index in [4.69, 9.17) is 17.0 Å². The first-order valence-electron chi connectivity index (χ1n) is 8.08. The van der Waals surface area contributed by atoms with Crippen molar-refractivity contribution in [1.29, 1.82) is 0 Å². The summed E-state index contributed by atoms with van der Waals surface area (Å²) in [6.45, 7) is 3.11. The van der Waals surface area contributed by atoms with Gasteiger partial charge in [0.05, 0.1) is 12.1 Å². The molecule has 2 aromatic rings. The number of thiocarbonyl (C=S) groups is 1. The summed E-state index contributed by atoms with van der Waals surface area (Å²) in [5.41, 5.74) is 2.76. The highest BCUT2D eigenvalue weighted by Crippen LogP contribution is 2.30. The Morgan fingerprint density at radius 2 is 2.09 bits per heavy atom. The fraction of sp³-hybridized carbons (Fsp3) is 0.421. The molecular weight excluding hydrogens is 290 g/mol. The Morgan fingerprint density at radius 1 is 1.27 bits per heavy atom. The molecular formula is C19H23NOS. The van der Waals surface area contributed by atoms with Crippen LogP contribution in [0.15, 0.2) is 30.3 Å². The van der Waals surface area contributed by atoms with Gasteiger partial charge in [0, 0.05) is 12.5 Å². The minimum Gasteiger partial charge on any atom is -0.497 e. The molecule has 1 aliphatic carbocycles. The quantitative estimate of drug-likeness (QED) is 0.804. The van der Waals surface area contributed by atoms with Crippen LogP contribution >= 0.6 is 12.2 Å². The third-order valence-electron chi connectivity index (χ3n) is 4.36. The first kappa shape index (κ1) is 15.3. The van der Waals surface area contributed by atoms with Gasteiger partial charge < -0.3 is 10.1 Å². The average molecular weight is 313 g/mol. The van der Waals surface area contributed by atoms with Gasteiger partial charge in [-0.1, -0.05) is 37.3 Å². The summed E-state index contributed by atoms with van der Waals surface area (Å²) in [7, 11) is 1.72. The molecule has 0 aliphatic heterocycles. The van der Waals surface area contributed by atoms with Gasteiger partial charge >= 0.3 is 0 Å². The van der Waals surface area contributed by atoms with Crippen LogP contribution in [-0.2, 0) is 12.8 Å². The average Bonchev–Trinajstić information content (AvgIpc) is 3.38. The monoisotopic (exact) mass is 313 g/mol. The van der Waals surface area contributed by atoms with Crippen molar-refractivity contribution in [3.63, 3.8) is 0 Å². The molecule has 0 spiro atoms. The maximum absolute atomic E-state index is 5.41. The Bertz CT molecular complexity index is 691. The van der Waals surface area contributed by atoms with Crippen molar-refractivity contribution in [2.45, 2.75) is 32.6 Å². The second kappa shape index (κ2) is 6.66. The molecule has 3 rings (SSSR count). The summed E-state index contributed by atoms with van der Waals surface area (Å²) >= 11 is 5.41. The Labute approximate surface area is 137 Å². The highest BCUT2D eigenvalue weighted by Gasteiger charge is 2.25. The number of hydrogen-bond acceptors (Lipinski definition) is 2. The molecule has 0 aromatic heterocycles. The van der Waals surface area contributed by atoms with E-state index in [0.29, 0.717) is 5.92 Å². The molecule has 22 heavy (non-hydrogen) atoms. The van der Waals surface area contributed by atoms with Crippen molar-refractivity contribution in [3.05, 3.63) is 41.5 Å². The molecule has 2 aromatic carbocycles. The molecule has 1 N–H and O–H groups in total. The van der Waals surface area contributed by atoms with Crippen LogP contribution in [0.25, 0.3) is 10.8 Å². The number of rotatable bonds is 6. The molecule has 1 saturated carbocycles. The minimum absolute atomic E-state index is 0.647. The standard InChI is InChI=1S/C19H23NOS/c1-3-13-10-15-6-7-17(21-2)12-18(15)16(11-13)8-9-20-19(22)14-4-5-14/h6-7,10-12,14H,3-5,8-9H2,1-2H3,(H,20,22). The van der Waals surface area contributed by atoms with Crippen molar-refractivity contribution in [2.75, 3.05) is 13.7 Å². The molecule has 0 atom stereocenters. The van der Waals surface area contributed by atoms with Gasteiger partial charge in [-0.15, -0.1) is 0 Å². The van der Waals surface area contributed by atoms with Crippen molar-refractivity contribution >= 4 is 28.0 Å². The fourth-order valence-electron chi connectivity index (χ4n) is 2.83. The third kappa shape index (κ3) is 3.41. The number of ether oxygens (including phenoxy) is 1. The van der Waals surface area contributed by atoms with E-state index in [1.165, 1.54) is 34.7 Å². The Kier molecular flexibility index (Phi) is 4.63. The van der Waals surface area contributed by atoms with Crippen molar-refractivity contribution in [1.82, 2.24) is 5.32 Å². The highest BCUT2D eigenvalue weighted by molar-refractivity contribution is 7.80. The van der Waals surface area contributed by atoms with Crippen LogP contribution in [0.1, 0.15) is 30.9 Å². The van der Waals surface area contributed by atoms with Gasteiger partial charge in [-0.3, -0.25) is 0 Å². The molecule has 1 aliphatic rings. The van der Waals surface area contributed by atoms with Crippen LogP contribution in [0.3, 0.4) is 0 Å². The predicted molar refractivity (Wildman–Crippen MR) is 96.9 cm³/mol. The number of hydrogen-bond donors (Lipinski definition) is 1. The van der Waals surface area contributed by atoms with Crippen LogP contribution in [0.5, 0.6) is 5.75 Å². The highest BCUT2D eigenvalue weighted by atomic mass is 32.1. The van der Waals surface area contributed by atoms with Gasteiger partial charge in [0.25, 0.3) is 0 Å². The maximum Gasteiger partial charge on any atom is 0.119 e. The molecule has 0 unspecified atom stereocenters. The smallest absolute Gasteiger partial charge is 0.119 e. The van der Waals surface area contributed by atoms with E-state index in [1.54, 1.807) is 7.11 Å². The molecule has 0 heterocycles. The van der Waals surface area contributed by atoms with Gasteiger partial charge in [-0.2, -0.15) is 0 Å². The second-order valence-corrected chi connectivity index (χ2v) is 6.45. The maximum atomic E-state index is 5.41. The Hall–Kier alpha value is -1.61. The zero-order valence-electron chi connectivity index (χ0n) is 13.3. The van der Waals surface area contributed by atoms with Gasteiger partial charge in [0.1, 0.15) is 5.75 Å². The van der Waals surface area contributed by atoms with Crippen LogP contribution < -0.4 is 10.1 Å². The summed E-state index contributed by atoms with van der Waals surface area (Å²) in [6.07, 6.45) is 4.57. The summed E-state index contributed by atoms with van der Waals surface area (Å²) in [5, 5.41) is 6.00. The molecule has 0 bridgehead atoms. The number of nitrogens with one attached hydrogen (secondary N) is 1. The lowest BCUT2D eigenvalue weighted by Gasteiger charge is -2.12. The minimum atomic E-state index is 0.647. The zero-order valence-corrected chi connectivity index (χ0v) is 14.1. The van der Waals surface area contributed by atoms with Crippen LogP contribution in [0, 0.1) is 5.92 Å². The Morgan fingerprint density at radius 3 is 2.77 bits per heavy atom. The second-order valence-electron chi connectivity index (χ2n) is 6.01. The van der Waals surface area contributed by atoms with Gasteiger partial charge in [0.2, 0.25) is 0 Å². The lowest BCUT2D eigenvalue weighted by atomic mass is 9.97. The molecule has 2 nitrogen and oxygen atoms in total. The first-order valence-corrected chi connectivity index (χ1v) is 8.49. The number of fused-ring (bicyclic) bond motifs is 1. The van der Waals surface area contributed by atoms with Crippen molar-refractivity contribution < 1.29 is 4.74 Å². The lowest BCUT2D eigenvalue weighted by molar-refractivity contribution is 0.415. The zero-order chi connectivity index (χ0) is 15.5. The van der Waals surface area contributed by atoms with E-state index in [9.17, 15) is 0 Å². The van der Waals surface area contributed by atoms with Crippen molar-refractivity contribution in [2.24, 2.45) is 5.92 Å². The number of aryl methyl sites for hydroxylation is 1. The fourth-order valence-corrected chi connectivity index (χ4v) is 3.17. The van der Waals surface area contributed by atoms with E-state index in [0.717, 1.165) is 30.1 Å². The van der Waals surface area contributed by atoms with Crippen LogP contribution in [0.2, 0.25) is 0 Å². The lowest BCUT2D eigenvalue weighted by Crippen LogP contribution is -2.25. The topological polar surface area (TPSA) is 21.3 Å². The predicted octanol–water partition coefficient (Wildman–Crippen LogP) is 4.28. The number of methoxy groups -OCH3 is 1. The summed E-state index contributed by atoms with van der Waals surface area (Å²) in [6, 6.07) is 10.9. The van der Waals surface area contributed by atoms with Gasteiger partial charge in [-0.25, -0.2) is 0 Å². The molecule has 1 fully saturated rings. The molecule has 0 amide bonds. The van der Waals surface area contributed by atoms with Crippen molar-refractivity contribution in [3.8, 4) is 5.75 Å². The SMILES string of the molecule is CCc1cc(CCNC(=S)C2CC2)c2cc(OC)ccc2c1. The normalized spacial score (nSPS) is 14.1. The third-order valence-corrected chi connectivity index (χ3v) is 4.83. The first-order chi connectivity index (χ1) is 10.7. The van der Waals surface area contributed by atoms with Gasteiger partial charge in [-0.05, 0) is 59.7 Å². The summed E-state index contributed by atoms with van der Waals surface area (Å²) < 4.78 is 5.38. The van der Waals surface area contributed by atoms with Gasteiger partial charge in [0.15, 0.2) is 0 Å². The van der Waals surface area contributed by atoms with E-state index < -0.39 is 0 Å². The van der Waals surface area contributed by atoms with Crippen LogP contribution in [0.4, 0.5) is 0 Å². The molecule has 116 valence electrons.